The van der Waals surface area contributed by atoms with E-state index in [2.05, 4.69) is 27.3 Å². The van der Waals surface area contributed by atoms with E-state index in [1.165, 1.54) is 0 Å². The van der Waals surface area contributed by atoms with Gasteiger partial charge in [0.1, 0.15) is 6.54 Å². The summed E-state index contributed by atoms with van der Waals surface area (Å²) in [5, 5.41) is 8.34. The zero-order chi connectivity index (χ0) is 12.9. The normalized spacial score (nSPS) is 11.4. The quantitative estimate of drug-likeness (QED) is 0.628. The van der Waals surface area contributed by atoms with Gasteiger partial charge in [0.2, 0.25) is 0 Å². The number of rotatable bonds is 6. The van der Waals surface area contributed by atoms with E-state index >= 15 is 0 Å². The lowest BCUT2D eigenvalue weighted by molar-refractivity contribution is -0.135. The van der Waals surface area contributed by atoms with Crippen LogP contribution in [0, 0.1) is 3.57 Å². The predicted octanol–water partition coefficient (Wildman–Crippen LogP) is 0.300. The molecule has 0 bridgehead atoms. The summed E-state index contributed by atoms with van der Waals surface area (Å²) >= 11 is 2.12. The van der Waals surface area contributed by atoms with E-state index in [1.54, 1.807) is 6.07 Å². The molecule has 0 amide bonds. The summed E-state index contributed by atoms with van der Waals surface area (Å²) < 4.78 is 27.8. The molecule has 0 aliphatic rings. The second kappa shape index (κ2) is 6.28. The molecule has 0 atom stereocenters. The number of benzene rings is 1. The van der Waals surface area contributed by atoms with Crippen molar-refractivity contribution >= 4 is 38.8 Å². The van der Waals surface area contributed by atoms with Gasteiger partial charge in [0.15, 0.2) is 0 Å². The third-order valence-electron chi connectivity index (χ3n) is 1.77. The van der Waals surface area contributed by atoms with E-state index in [1.807, 2.05) is 22.9 Å². The van der Waals surface area contributed by atoms with Gasteiger partial charge in [-0.25, -0.2) is 0 Å². The third-order valence-corrected chi connectivity index (χ3v) is 3.49. The molecule has 1 aromatic carbocycles. The summed E-state index contributed by atoms with van der Waals surface area (Å²) in [6.45, 7) is -0.520. The smallest absolute Gasteiger partial charge is 0.318 e. The van der Waals surface area contributed by atoms with Gasteiger partial charge in [-0.15, -0.1) is 0 Å². The van der Waals surface area contributed by atoms with Crippen molar-refractivity contribution in [2.75, 3.05) is 6.54 Å². The standard InChI is InChI=1S/C9H11IN2O4S/c10-8-3-1-2-7(4-8)5-11-17(15,16)12-6-9(13)14/h1-4,11-12H,5-6H2,(H,13,14). The largest absolute Gasteiger partial charge is 0.480 e. The van der Waals surface area contributed by atoms with Crippen molar-refractivity contribution in [3.05, 3.63) is 33.4 Å². The molecule has 0 spiro atoms. The Labute approximate surface area is 113 Å². The molecule has 0 heterocycles. The second-order valence-electron chi connectivity index (χ2n) is 3.17. The van der Waals surface area contributed by atoms with Crippen molar-refractivity contribution in [1.29, 1.82) is 0 Å². The summed E-state index contributed by atoms with van der Waals surface area (Å²) in [7, 11) is -3.77. The fourth-order valence-electron chi connectivity index (χ4n) is 1.03. The van der Waals surface area contributed by atoms with Crippen LogP contribution in [0.5, 0.6) is 0 Å². The molecule has 17 heavy (non-hydrogen) atoms. The molecule has 6 nitrogen and oxygen atoms in total. The van der Waals surface area contributed by atoms with Gasteiger partial charge >= 0.3 is 5.97 Å². The van der Waals surface area contributed by atoms with E-state index in [-0.39, 0.29) is 6.54 Å². The molecule has 1 rings (SSSR count). The van der Waals surface area contributed by atoms with Crippen LogP contribution in [0.2, 0.25) is 0 Å². The maximum absolute atomic E-state index is 11.3. The number of carbonyl (C=O) groups is 1. The fourth-order valence-corrected chi connectivity index (χ4v) is 2.41. The van der Waals surface area contributed by atoms with Crippen LogP contribution in [0.15, 0.2) is 24.3 Å². The van der Waals surface area contributed by atoms with Crippen molar-refractivity contribution in [2.24, 2.45) is 0 Å². The number of carboxylic acids is 1. The lowest BCUT2D eigenvalue weighted by Crippen LogP contribution is -2.38. The van der Waals surface area contributed by atoms with Crippen LogP contribution in [0.1, 0.15) is 5.56 Å². The molecular formula is C9H11IN2O4S. The topological polar surface area (TPSA) is 95.5 Å². The van der Waals surface area contributed by atoms with Gasteiger partial charge in [0, 0.05) is 10.1 Å². The van der Waals surface area contributed by atoms with Gasteiger partial charge in [-0.3, -0.25) is 4.79 Å². The molecule has 0 saturated carbocycles. The highest BCUT2D eigenvalue weighted by Crippen LogP contribution is 2.07. The second-order valence-corrected chi connectivity index (χ2v) is 6.00. The van der Waals surface area contributed by atoms with Crippen LogP contribution in [0.3, 0.4) is 0 Å². The molecule has 3 N–H and O–H groups in total. The average molecular weight is 370 g/mol. The number of aliphatic carboxylic acids is 1. The van der Waals surface area contributed by atoms with Crippen LogP contribution in [-0.2, 0) is 21.5 Å². The van der Waals surface area contributed by atoms with Crippen molar-refractivity contribution in [3.8, 4) is 0 Å². The van der Waals surface area contributed by atoms with E-state index in [0.29, 0.717) is 0 Å². The minimum atomic E-state index is -3.77. The van der Waals surface area contributed by atoms with Crippen LogP contribution in [0.4, 0.5) is 0 Å². The highest BCUT2D eigenvalue weighted by molar-refractivity contribution is 14.1. The summed E-state index contributed by atoms with van der Waals surface area (Å²) in [6, 6.07) is 7.32. The first-order valence-electron chi connectivity index (χ1n) is 4.59. The Balaban J connectivity index is 2.52. The predicted molar refractivity (Wildman–Crippen MR) is 70.6 cm³/mol. The molecule has 0 unspecified atom stereocenters. The average Bonchev–Trinajstić information content (AvgIpc) is 2.24. The third kappa shape index (κ3) is 5.96. The maximum Gasteiger partial charge on any atom is 0.318 e. The number of nitrogens with one attached hydrogen (secondary N) is 2. The monoisotopic (exact) mass is 370 g/mol. The van der Waals surface area contributed by atoms with Gasteiger partial charge in [-0.1, -0.05) is 12.1 Å². The first-order valence-corrected chi connectivity index (χ1v) is 7.16. The summed E-state index contributed by atoms with van der Waals surface area (Å²) in [6.07, 6.45) is 0. The first-order chi connectivity index (χ1) is 7.89. The fraction of sp³-hybridized carbons (Fsp3) is 0.222. The molecule has 94 valence electrons. The van der Waals surface area contributed by atoms with Crippen molar-refractivity contribution < 1.29 is 18.3 Å². The lowest BCUT2D eigenvalue weighted by Gasteiger charge is -2.06. The SMILES string of the molecule is O=C(O)CNS(=O)(=O)NCc1cccc(I)c1. The van der Waals surface area contributed by atoms with Crippen LogP contribution in [-0.4, -0.2) is 26.0 Å². The van der Waals surface area contributed by atoms with Gasteiger partial charge in [-0.05, 0) is 40.3 Å². The zero-order valence-electron chi connectivity index (χ0n) is 8.68. The Hall–Kier alpha value is -0.710. The number of hydrogen-bond acceptors (Lipinski definition) is 3. The summed E-state index contributed by atoms with van der Waals surface area (Å²) in [4.78, 5) is 10.2. The van der Waals surface area contributed by atoms with E-state index < -0.39 is 22.7 Å². The summed E-state index contributed by atoms with van der Waals surface area (Å²) in [5.74, 6) is -1.23. The highest BCUT2D eigenvalue weighted by atomic mass is 127. The molecule has 8 heteroatoms. The number of halogens is 1. The van der Waals surface area contributed by atoms with Gasteiger partial charge < -0.3 is 5.11 Å². The number of carboxylic acid groups (broad SMARTS) is 1. The Bertz CT molecular complexity index is 503. The Kier molecular flexibility index (Phi) is 5.31. The Morgan fingerprint density at radius 3 is 2.65 bits per heavy atom. The summed E-state index contributed by atoms with van der Waals surface area (Å²) in [5.41, 5.74) is 0.803. The molecule has 0 aromatic heterocycles. The van der Waals surface area contributed by atoms with E-state index in [4.69, 9.17) is 5.11 Å². The number of hydrogen-bond donors (Lipinski definition) is 3. The molecule has 0 saturated heterocycles. The van der Waals surface area contributed by atoms with Crippen molar-refractivity contribution in [3.63, 3.8) is 0 Å². The molecule has 1 aromatic rings. The van der Waals surface area contributed by atoms with Crippen LogP contribution in [0.25, 0.3) is 0 Å². The Morgan fingerprint density at radius 2 is 2.06 bits per heavy atom. The van der Waals surface area contributed by atoms with Gasteiger partial charge in [0.25, 0.3) is 10.2 Å². The van der Waals surface area contributed by atoms with Crippen LogP contribution < -0.4 is 9.44 Å². The van der Waals surface area contributed by atoms with E-state index in [9.17, 15) is 13.2 Å². The molecular weight excluding hydrogens is 359 g/mol. The molecule has 0 aliphatic heterocycles. The van der Waals surface area contributed by atoms with Gasteiger partial charge in [0.05, 0.1) is 0 Å². The Morgan fingerprint density at radius 1 is 1.35 bits per heavy atom. The molecule has 0 aliphatic carbocycles. The van der Waals surface area contributed by atoms with Crippen LogP contribution >= 0.6 is 22.6 Å². The van der Waals surface area contributed by atoms with Crippen molar-refractivity contribution in [1.82, 2.24) is 9.44 Å². The van der Waals surface area contributed by atoms with Gasteiger partial charge in [-0.2, -0.15) is 17.9 Å². The lowest BCUT2D eigenvalue weighted by atomic mass is 10.2. The highest BCUT2D eigenvalue weighted by Gasteiger charge is 2.10. The first kappa shape index (κ1) is 14.4. The van der Waals surface area contributed by atoms with Crippen molar-refractivity contribution in [2.45, 2.75) is 6.54 Å². The van der Waals surface area contributed by atoms with E-state index in [0.717, 1.165) is 9.13 Å². The molecule has 0 fully saturated rings. The minimum Gasteiger partial charge on any atom is -0.480 e. The maximum atomic E-state index is 11.3. The minimum absolute atomic E-state index is 0.117. The zero-order valence-corrected chi connectivity index (χ0v) is 11.7. The molecule has 0 radical (unpaired) electrons.